The number of pyridine rings is 1. The average molecular weight is 751 g/mol. The molecule has 0 bridgehead atoms. The summed E-state index contributed by atoms with van der Waals surface area (Å²) in [5, 5.41) is 20.8. The zero-order valence-electron chi connectivity index (χ0n) is 31.1. The van der Waals surface area contributed by atoms with Crippen LogP contribution in [0.2, 0.25) is 0 Å². The zero-order chi connectivity index (χ0) is 39.0. The van der Waals surface area contributed by atoms with E-state index in [-0.39, 0.29) is 25.3 Å². The van der Waals surface area contributed by atoms with Gasteiger partial charge in [0.2, 0.25) is 11.8 Å². The number of methoxy groups -OCH3 is 1. The molecule has 284 valence electrons. The van der Waals surface area contributed by atoms with Gasteiger partial charge in [-0.2, -0.15) is 0 Å². The molecule has 16 heteroatoms. The summed E-state index contributed by atoms with van der Waals surface area (Å²) in [6, 6.07) is 5.79. The minimum Gasteiger partial charge on any atom is -0.497 e. The molecule has 2 aromatic heterocycles. The molecule has 5 atom stereocenters. The number of carbonyl (C=O) groups excluding carboxylic acids is 4. The molecule has 5 rings (SSSR count). The number of carboxylic acids is 1. The first-order valence-electron chi connectivity index (χ1n) is 17.1. The number of anilines is 1. The number of nitrogens with zero attached hydrogens (tertiary/aromatic N) is 3. The van der Waals surface area contributed by atoms with Crippen LogP contribution in [0.1, 0.15) is 61.3 Å². The molecule has 0 radical (unpaired) electrons. The highest BCUT2D eigenvalue weighted by Gasteiger charge is 2.61. The van der Waals surface area contributed by atoms with Gasteiger partial charge in [-0.05, 0) is 39.3 Å². The van der Waals surface area contributed by atoms with Gasteiger partial charge in [-0.25, -0.2) is 19.6 Å². The van der Waals surface area contributed by atoms with Crippen molar-refractivity contribution in [2.45, 2.75) is 90.6 Å². The van der Waals surface area contributed by atoms with Crippen LogP contribution in [0, 0.1) is 11.3 Å². The number of carbonyl (C=O) groups is 5. The molecule has 15 nitrogen and oxygen atoms in total. The Morgan fingerprint density at radius 3 is 2.40 bits per heavy atom. The molecule has 1 saturated carbocycles. The number of thiazole rings is 1. The van der Waals surface area contributed by atoms with E-state index in [0.29, 0.717) is 38.9 Å². The lowest BCUT2D eigenvalue weighted by atomic mass is 9.88. The van der Waals surface area contributed by atoms with Crippen molar-refractivity contribution in [1.29, 1.82) is 0 Å². The van der Waals surface area contributed by atoms with Crippen molar-refractivity contribution in [2.24, 2.45) is 11.3 Å². The van der Waals surface area contributed by atoms with Crippen molar-refractivity contribution >= 4 is 57.2 Å². The standard InChI is InChI=1S/C37H46N6O9S/c1-10-20-16-37(20,32(47)48)41-30(45)27-14-22(17-43(27)31(46)29(35(3,4)5)52-34(49)42-36(6,7)8)51-28-15-25(26-18-53-33(40-26)38-19(2)44)39-24-13-21(50-9)11-12-23(24)28/h10-13,15,18,20,22,27,29H,1,14,16-17H2,2-9H3,(H,41,45)(H,42,49)(H,47,48)(H,38,40,44)/t20-,22-,27+,29-,37-/m1/s1. The molecule has 4 amide bonds. The van der Waals surface area contributed by atoms with Crippen LogP contribution >= 0.6 is 11.3 Å². The van der Waals surface area contributed by atoms with Gasteiger partial charge in [0.25, 0.3) is 5.91 Å². The van der Waals surface area contributed by atoms with Gasteiger partial charge in [0, 0.05) is 53.1 Å². The van der Waals surface area contributed by atoms with Crippen LogP contribution in [-0.2, 0) is 23.9 Å². The summed E-state index contributed by atoms with van der Waals surface area (Å²) in [5.41, 5.74) is -1.64. The van der Waals surface area contributed by atoms with E-state index >= 15 is 0 Å². The molecule has 3 heterocycles. The first-order chi connectivity index (χ1) is 24.7. The third-order valence-electron chi connectivity index (χ3n) is 8.91. The molecule has 0 spiro atoms. The Labute approximate surface area is 311 Å². The maximum atomic E-state index is 14.4. The number of fused-ring (bicyclic) bond motifs is 1. The van der Waals surface area contributed by atoms with Crippen LogP contribution in [0.25, 0.3) is 22.3 Å². The third kappa shape index (κ3) is 8.70. The van der Waals surface area contributed by atoms with Crippen molar-refractivity contribution in [2.75, 3.05) is 19.0 Å². The Hall–Kier alpha value is -5.25. The second-order valence-corrected chi connectivity index (χ2v) is 16.3. The number of benzene rings is 1. The van der Waals surface area contributed by atoms with Crippen molar-refractivity contribution in [3.05, 3.63) is 42.3 Å². The summed E-state index contributed by atoms with van der Waals surface area (Å²) in [5.74, 6) is -2.34. The van der Waals surface area contributed by atoms with Gasteiger partial charge in [0.1, 0.15) is 34.9 Å². The molecule has 1 saturated heterocycles. The predicted octanol–water partition coefficient (Wildman–Crippen LogP) is 4.76. The molecule has 1 aromatic carbocycles. The lowest BCUT2D eigenvalue weighted by Gasteiger charge is -2.35. The van der Waals surface area contributed by atoms with E-state index in [1.54, 1.807) is 71.2 Å². The Morgan fingerprint density at radius 1 is 1.09 bits per heavy atom. The van der Waals surface area contributed by atoms with Gasteiger partial charge < -0.3 is 40.2 Å². The van der Waals surface area contributed by atoms with Gasteiger partial charge >= 0.3 is 12.1 Å². The molecule has 2 fully saturated rings. The summed E-state index contributed by atoms with van der Waals surface area (Å²) >= 11 is 1.23. The van der Waals surface area contributed by atoms with Crippen molar-refractivity contribution in [3.63, 3.8) is 0 Å². The van der Waals surface area contributed by atoms with E-state index in [0.717, 1.165) is 0 Å². The lowest BCUT2D eigenvalue weighted by Crippen LogP contribution is -2.56. The van der Waals surface area contributed by atoms with Crippen LogP contribution in [0.4, 0.5) is 9.93 Å². The number of aromatic nitrogens is 2. The van der Waals surface area contributed by atoms with E-state index in [4.69, 9.17) is 19.2 Å². The number of likely N-dealkylation sites (tertiary alicyclic amines) is 1. The summed E-state index contributed by atoms with van der Waals surface area (Å²) in [4.78, 5) is 75.9. The van der Waals surface area contributed by atoms with Crippen LogP contribution < -0.4 is 25.4 Å². The fraction of sp³-hybridized carbons (Fsp3) is 0.486. The van der Waals surface area contributed by atoms with Gasteiger partial charge in [-0.1, -0.05) is 26.8 Å². The van der Waals surface area contributed by atoms with Gasteiger partial charge in [0.05, 0.1) is 24.9 Å². The van der Waals surface area contributed by atoms with E-state index in [1.807, 2.05) is 0 Å². The predicted molar refractivity (Wildman–Crippen MR) is 198 cm³/mol. The molecular formula is C37H46N6O9S. The SMILES string of the molecule is C=C[C@@H]1C[C@]1(NC(=O)[C@@H]1C[C@@H](Oc2cc(-c3csc(NC(C)=O)n3)nc3cc(OC)ccc23)CN1C(=O)[C@@H](OC(=O)NC(C)(C)C)C(C)(C)C)C(=O)O. The Kier molecular flexibility index (Phi) is 10.8. The summed E-state index contributed by atoms with van der Waals surface area (Å²) in [6.07, 6.45) is -1.23. The number of amides is 4. The number of hydrogen-bond donors (Lipinski definition) is 4. The number of hydrogen-bond acceptors (Lipinski definition) is 11. The number of alkyl carbamates (subject to hydrolysis) is 1. The highest BCUT2D eigenvalue weighted by molar-refractivity contribution is 7.14. The smallest absolute Gasteiger partial charge is 0.408 e. The minimum atomic E-state index is -1.54. The normalized spacial score (nSPS) is 21.7. The zero-order valence-corrected chi connectivity index (χ0v) is 31.9. The van der Waals surface area contributed by atoms with E-state index in [9.17, 15) is 29.1 Å². The maximum absolute atomic E-state index is 14.4. The Balaban J connectivity index is 1.51. The maximum Gasteiger partial charge on any atom is 0.408 e. The minimum absolute atomic E-state index is 0.00420. The number of carboxylic acid groups (broad SMARTS) is 1. The lowest BCUT2D eigenvalue weighted by molar-refractivity contribution is -0.151. The fourth-order valence-corrected chi connectivity index (χ4v) is 6.95. The van der Waals surface area contributed by atoms with Crippen LogP contribution in [0.15, 0.2) is 42.3 Å². The van der Waals surface area contributed by atoms with Gasteiger partial charge in [0.15, 0.2) is 11.2 Å². The van der Waals surface area contributed by atoms with Crippen LogP contribution in [0.3, 0.4) is 0 Å². The Morgan fingerprint density at radius 2 is 1.81 bits per heavy atom. The average Bonchev–Trinajstić information content (AvgIpc) is 3.34. The molecule has 2 aliphatic rings. The quantitative estimate of drug-likeness (QED) is 0.197. The molecule has 0 unspecified atom stereocenters. The summed E-state index contributed by atoms with van der Waals surface area (Å²) in [7, 11) is 1.53. The highest BCUT2D eigenvalue weighted by atomic mass is 32.1. The number of ether oxygens (including phenoxy) is 3. The summed E-state index contributed by atoms with van der Waals surface area (Å²) in [6.45, 7) is 15.6. The number of rotatable bonds is 11. The van der Waals surface area contributed by atoms with Crippen molar-refractivity contribution in [1.82, 2.24) is 25.5 Å². The first kappa shape index (κ1) is 39.0. The second kappa shape index (κ2) is 14.6. The van der Waals surface area contributed by atoms with Crippen molar-refractivity contribution < 1.29 is 43.3 Å². The first-order valence-corrected chi connectivity index (χ1v) is 18.0. The molecule has 1 aliphatic carbocycles. The molecule has 53 heavy (non-hydrogen) atoms. The molecular weight excluding hydrogens is 705 g/mol. The summed E-state index contributed by atoms with van der Waals surface area (Å²) < 4.78 is 17.8. The topological polar surface area (TPSA) is 198 Å². The highest BCUT2D eigenvalue weighted by Crippen LogP contribution is 2.45. The van der Waals surface area contributed by atoms with Crippen molar-refractivity contribution in [3.8, 4) is 22.9 Å². The van der Waals surface area contributed by atoms with E-state index in [2.05, 4.69) is 27.5 Å². The molecule has 3 aromatic rings. The van der Waals surface area contributed by atoms with Gasteiger partial charge in [-0.15, -0.1) is 17.9 Å². The third-order valence-corrected chi connectivity index (χ3v) is 9.67. The second-order valence-electron chi connectivity index (χ2n) is 15.4. The van der Waals surface area contributed by atoms with Crippen LogP contribution in [-0.4, -0.2) is 92.7 Å². The fourth-order valence-electron chi connectivity index (χ4n) is 6.20. The van der Waals surface area contributed by atoms with Gasteiger partial charge in [-0.3, -0.25) is 14.4 Å². The Bertz CT molecular complexity index is 1950. The molecule has 4 N–H and O–H groups in total. The number of nitrogens with one attached hydrogen (secondary N) is 3. The molecule has 1 aliphatic heterocycles. The van der Waals surface area contributed by atoms with E-state index < -0.39 is 64.5 Å². The van der Waals surface area contributed by atoms with E-state index in [1.165, 1.54) is 36.3 Å². The largest absolute Gasteiger partial charge is 0.497 e. The van der Waals surface area contributed by atoms with Crippen LogP contribution in [0.5, 0.6) is 11.5 Å². The monoisotopic (exact) mass is 750 g/mol. The number of aliphatic carboxylic acids is 1.